The first-order chi connectivity index (χ1) is 9.46. The van der Waals surface area contributed by atoms with Crippen molar-refractivity contribution in [3.05, 3.63) is 40.4 Å². The molecular formula is C18H26Cl2SiTi. The van der Waals surface area contributed by atoms with E-state index in [1.165, 1.54) is 24.9 Å². The smallest absolute Gasteiger partial charge is 1.00 e. The Bertz CT molecular complexity index is 569. The molecule has 0 unspecified atom stereocenters. The average molecular weight is 389 g/mol. The number of hydrogen-bond donors (Lipinski definition) is 0. The van der Waals surface area contributed by atoms with Crippen LogP contribution < -0.4 is 24.8 Å². The van der Waals surface area contributed by atoms with Crippen molar-refractivity contribution >= 4 is 8.07 Å². The van der Waals surface area contributed by atoms with Crippen LogP contribution in [0, 0.1) is 0 Å². The molecule has 4 bridgehead atoms. The Labute approximate surface area is 158 Å². The summed E-state index contributed by atoms with van der Waals surface area (Å²) in [7, 11) is -1.48. The van der Waals surface area contributed by atoms with Crippen LogP contribution in [-0.4, -0.2) is 8.07 Å². The van der Waals surface area contributed by atoms with E-state index in [0.717, 1.165) is 0 Å². The molecule has 1 heterocycles. The second-order valence-electron chi connectivity index (χ2n) is 6.79. The summed E-state index contributed by atoms with van der Waals surface area (Å²) in [6.07, 6.45) is 2.64. The molecule has 0 amide bonds. The molecule has 0 aromatic carbocycles. The molecule has 0 spiro atoms. The molecule has 1 aliphatic heterocycles. The predicted octanol–water partition coefficient (Wildman–Crippen LogP) is -0.354. The fourth-order valence-electron chi connectivity index (χ4n) is 4.99. The van der Waals surface area contributed by atoms with E-state index in [4.69, 9.17) is 0 Å². The molecule has 22 heavy (non-hydrogen) atoms. The van der Waals surface area contributed by atoms with Crippen molar-refractivity contribution in [1.82, 2.24) is 0 Å². The summed E-state index contributed by atoms with van der Waals surface area (Å²) < 4.78 is 3.72. The third-order valence-corrected chi connectivity index (χ3v) is 14.5. The van der Waals surface area contributed by atoms with Crippen LogP contribution in [0.3, 0.4) is 0 Å². The first-order valence-electron chi connectivity index (χ1n) is 8.04. The van der Waals surface area contributed by atoms with Crippen molar-refractivity contribution in [3.8, 4) is 0 Å². The number of hydrogen-bond acceptors (Lipinski definition) is 0. The third-order valence-electron chi connectivity index (χ3n) is 5.86. The van der Waals surface area contributed by atoms with Crippen LogP contribution in [-0.2, 0) is 19.2 Å². The fourth-order valence-corrected chi connectivity index (χ4v) is 13.7. The van der Waals surface area contributed by atoms with E-state index in [1.54, 1.807) is 22.3 Å². The van der Waals surface area contributed by atoms with E-state index in [0.29, 0.717) is 0 Å². The molecule has 0 N–H and O–H groups in total. The van der Waals surface area contributed by atoms with Gasteiger partial charge in [-0.3, -0.25) is 0 Å². The van der Waals surface area contributed by atoms with Crippen molar-refractivity contribution in [2.75, 3.05) is 0 Å². The van der Waals surface area contributed by atoms with E-state index in [1.807, 2.05) is 18.1 Å². The van der Waals surface area contributed by atoms with Crippen LogP contribution in [0.15, 0.2) is 40.4 Å². The van der Waals surface area contributed by atoms with Gasteiger partial charge in [0.25, 0.3) is 0 Å². The Morgan fingerprint density at radius 1 is 0.773 bits per heavy atom. The standard InChI is InChI=1S/C18H26Si.2ClH.Ti/c1-7-19(8-2,17-13(3)9-10-14(17)4)18-15(5)11-12-16(18)6;;;/h7-9,11H2,1-6H3;2*1H;/q;;;+2/p-2. The topological polar surface area (TPSA) is 0 Å². The largest absolute Gasteiger partial charge is 1.00 e. The van der Waals surface area contributed by atoms with Gasteiger partial charge in [0, 0.05) is 0 Å². The van der Waals surface area contributed by atoms with Gasteiger partial charge in [-0.1, -0.05) is 0 Å². The molecule has 4 heteroatoms. The minimum absolute atomic E-state index is 0. The van der Waals surface area contributed by atoms with Crippen LogP contribution in [0.2, 0.25) is 12.1 Å². The Morgan fingerprint density at radius 3 is 1.45 bits per heavy atom. The van der Waals surface area contributed by atoms with Crippen LogP contribution in [0.4, 0.5) is 0 Å². The Hall–Kier alpha value is 0.471. The van der Waals surface area contributed by atoms with Crippen molar-refractivity contribution in [2.45, 2.75) is 66.5 Å². The summed E-state index contributed by atoms with van der Waals surface area (Å²) in [5, 5.41) is 3.74. The summed E-state index contributed by atoms with van der Waals surface area (Å²) in [6.45, 7) is 14.7. The second kappa shape index (κ2) is 7.15. The van der Waals surface area contributed by atoms with Gasteiger partial charge >= 0.3 is 134 Å². The molecule has 0 atom stereocenters. The summed E-state index contributed by atoms with van der Waals surface area (Å²) in [5.41, 5.74) is 6.96. The second-order valence-corrected chi connectivity index (χ2v) is 13.6. The van der Waals surface area contributed by atoms with E-state index in [-0.39, 0.29) is 44.0 Å². The molecule has 3 aliphatic rings. The van der Waals surface area contributed by atoms with Crippen LogP contribution in [0.25, 0.3) is 0 Å². The average Bonchev–Trinajstić information content (AvgIpc) is 2.86. The summed E-state index contributed by atoms with van der Waals surface area (Å²) in [5.74, 6) is 0. The van der Waals surface area contributed by atoms with Crippen LogP contribution >= 0.6 is 0 Å². The Morgan fingerprint density at radius 2 is 1.14 bits per heavy atom. The minimum atomic E-state index is -1.48. The zero-order chi connectivity index (χ0) is 14.7. The van der Waals surface area contributed by atoms with E-state index in [9.17, 15) is 0 Å². The first-order valence-corrected chi connectivity index (χ1v) is 12.0. The number of halogens is 2. The minimum Gasteiger partial charge on any atom is -1.00 e. The molecule has 0 aromatic rings. The number of rotatable bonds is 2. The van der Waals surface area contributed by atoms with Gasteiger partial charge in [-0.25, -0.2) is 0 Å². The zero-order valence-corrected chi connectivity index (χ0v) is 18.7. The summed E-state index contributed by atoms with van der Waals surface area (Å²) in [6, 6.07) is 2.77. The van der Waals surface area contributed by atoms with Gasteiger partial charge in [-0.05, 0) is 0 Å². The zero-order valence-electron chi connectivity index (χ0n) is 14.6. The van der Waals surface area contributed by atoms with Crippen LogP contribution in [0.5, 0.6) is 0 Å². The Kier molecular flexibility index (Phi) is 6.67. The molecule has 0 radical (unpaired) electrons. The van der Waals surface area contributed by atoms with E-state index >= 15 is 0 Å². The Balaban J connectivity index is 0.00000121. The molecular weight excluding hydrogens is 363 g/mol. The van der Waals surface area contributed by atoms with E-state index in [2.05, 4.69) is 41.5 Å². The normalized spacial score (nSPS) is 21.9. The SMILES string of the molecule is CC[Si]1(CC)C2=C(C)C[C](=C2C)[Ti+2][C]2=C(C)C1=C(C)C2.[Cl-].[Cl-]. The first kappa shape index (κ1) is 20.5. The quantitative estimate of drug-likeness (QED) is 0.567. The van der Waals surface area contributed by atoms with Gasteiger partial charge in [0.1, 0.15) is 0 Å². The van der Waals surface area contributed by atoms with Crippen molar-refractivity contribution in [1.29, 1.82) is 0 Å². The summed E-state index contributed by atoms with van der Waals surface area (Å²) >= 11 is -0.0206. The maximum atomic E-state index is 2.46. The molecule has 3 rings (SSSR count). The maximum absolute atomic E-state index is 2.46. The van der Waals surface area contributed by atoms with Crippen molar-refractivity contribution in [2.24, 2.45) is 0 Å². The van der Waals surface area contributed by atoms with Crippen molar-refractivity contribution < 1.29 is 44.0 Å². The molecule has 120 valence electrons. The van der Waals surface area contributed by atoms with Crippen LogP contribution in [0.1, 0.15) is 54.4 Å². The molecule has 0 saturated carbocycles. The van der Waals surface area contributed by atoms with Gasteiger partial charge < -0.3 is 24.8 Å². The molecule has 2 aliphatic carbocycles. The van der Waals surface area contributed by atoms with Crippen molar-refractivity contribution in [3.63, 3.8) is 0 Å². The van der Waals surface area contributed by atoms with Gasteiger partial charge in [-0.2, -0.15) is 0 Å². The summed E-state index contributed by atoms with van der Waals surface area (Å²) in [4.78, 5) is 0. The third kappa shape index (κ3) is 2.62. The van der Waals surface area contributed by atoms with Gasteiger partial charge in [-0.15, -0.1) is 0 Å². The van der Waals surface area contributed by atoms with Gasteiger partial charge in [0.15, 0.2) is 0 Å². The number of allylic oxidation sites excluding steroid dienone is 8. The fraction of sp³-hybridized carbons (Fsp3) is 0.556. The predicted molar refractivity (Wildman–Crippen MR) is 86.8 cm³/mol. The van der Waals surface area contributed by atoms with Gasteiger partial charge in [0.05, 0.1) is 0 Å². The molecule has 0 nitrogen and oxygen atoms in total. The molecule has 0 fully saturated rings. The molecule has 0 saturated heterocycles. The van der Waals surface area contributed by atoms with E-state index < -0.39 is 8.07 Å². The maximum Gasteiger partial charge on any atom is -1.00 e. The van der Waals surface area contributed by atoms with Gasteiger partial charge in [0.2, 0.25) is 0 Å². The number of fused-ring (bicyclic) bond motifs is 2. The molecule has 0 aromatic heterocycles. The monoisotopic (exact) mass is 388 g/mol.